The van der Waals surface area contributed by atoms with Gasteiger partial charge in [-0.2, -0.15) is 13.2 Å². The molecule has 6 nitrogen and oxygen atoms in total. The minimum atomic E-state index is -4.58. The smallest absolute Gasteiger partial charge is 0.416 e. The second kappa shape index (κ2) is 6.88. The molecule has 2 amide bonds. The van der Waals surface area contributed by atoms with E-state index in [2.05, 4.69) is 5.32 Å². The molecule has 2 aliphatic heterocycles. The summed E-state index contributed by atoms with van der Waals surface area (Å²) in [4.78, 5) is 38.5. The highest BCUT2D eigenvalue weighted by Gasteiger charge is 2.67. The summed E-state index contributed by atoms with van der Waals surface area (Å²) in [5.41, 5.74) is -2.45. The van der Waals surface area contributed by atoms with E-state index in [1.165, 1.54) is 19.2 Å². The van der Waals surface area contributed by atoms with Crippen LogP contribution in [0.3, 0.4) is 0 Å². The van der Waals surface area contributed by atoms with Crippen LogP contribution in [0.4, 0.5) is 13.2 Å². The van der Waals surface area contributed by atoms with Gasteiger partial charge in [0.25, 0.3) is 0 Å². The highest BCUT2D eigenvalue weighted by Crippen LogP contribution is 2.50. The molecule has 152 valence electrons. The molecule has 2 saturated heterocycles. The van der Waals surface area contributed by atoms with Gasteiger partial charge in [0.05, 0.1) is 17.4 Å². The zero-order valence-corrected chi connectivity index (χ0v) is 15.4. The van der Waals surface area contributed by atoms with Gasteiger partial charge in [-0.1, -0.05) is 31.9 Å². The second-order valence-corrected chi connectivity index (χ2v) is 7.36. The van der Waals surface area contributed by atoms with Gasteiger partial charge in [0, 0.05) is 13.1 Å². The fraction of sp³-hybridized carbons (Fsp3) is 0.526. The maximum Gasteiger partial charge on any atom is 0.416 e. The highest BCUT2D eigenvalue weighted by molar-refractivity contribution is 6.09. The van der Waals surface area contributed by atoms with Crippen LogP contribution in [0, 0.1) is 11.8 Å². The minimum Gasteiger partial charge on any atom is -0.480 e. The fourth-order valence-electron chi connectivity index (χ4n) is 4.33. The van der Waals surface area contributed by atoms with Gasteiger partial charge in [-0.15, -0.1) is 0 Å². The van der Waals surface area contributed by atoms with Crippen molar-refractivity contribution in [1.29, 1.82) is 0 Å². The van der Waals surface area contributed by atoms with Crippen LogP contribution in [-0.2, 0) is 20.6 Å². The number of fused-ring (bicyclic) bond motifs is 1. The van der Waals surface area contributed by atoms with E-state index >= 15 is 0 Å². The van der Waals surface area contributed by atoms with Gasteiger partial charge < -0.3 is 5.11 Å². The summed E-state index contributed by atoms with van der Waals surface area (Å²) in [6.45, 7) is 1.86. The molecule has 0 saturated carbocycles. The minimum absolute atomic E-state index is 0.0995. The zero-order chi connectivity index (χ0) is 20.9. The Kier molecular flexibility index (Phi) is 4.99. The number of unbranched alkanes of at least 4 members (excludes halogenated alkanes) is 1. The summed E-state index contributed by atoms with van der Waals surface area (Å²) in [5.74, 6) is -4.69. The number of amides is 2. The number of carboxylic acid groups (broad SMARTS) is 1. The number of alkyl halides is 3. The number of carbonyl (C=O) groups excluding carboxylic acids is 2. The van der Waals surface area contributed by atoms with Gasteiger partial charge in [0.15, 0.2) is 0 Å². The van der Waals surface area contributed by atoms with Crippen LogP contribution in [0.25, 0.3) is 0 Å². The maximum atomic E-state index is 13.1. The van der Waals surface area contributed by atoms with Crippen LogP contribution >= 0.6 is 0 Å². The molecule has 9 heteroatoms. The Balaban J connectivity index is 2.12. The van der Waals surface area contributed by atoms with E-state index in [9.17, 15) is 32.7 Å². The highest BCUT2D eigenvalue weighted by atomic mass is 19.4. The zero-order valence-electron chi connectivity index (χ0n) is 15.4. The normalized spacial score (nSPS) is 30.0. The molecule has 0 radical (unpaired) electrons. The van der Waals surface area contributed by atoms with Crippen molar-refractivity contribution in [3.05, 3.63) is 35.4 Å². The molecule has 2 fully saturated rings. The molecule has 4 unspecified atom stereocenters. The predicted molar refractivity (Wildman–Crippen MR) is 92.0 cm³/mol. The van der Waals surface area contributed by atoms with Crippen molar-refractivity contribution in [2.24, 2.45) is 11.8 Å². The van der Waals surface area contributed by atoms with Crippen LogP contribution in [-0.4, -0.2) is 40.4 Å². The van der Waals surface area contributed by atoms with Crippen LogP contribution < -0.4 is 5.32 Å². The fourth-order valence-corrected chi connectivity index (χ4v) is 4.33. The monoisotopic (exact) mass is 398 g/mol. The van der Waals surface area contributed by atoms with Gasteiger partial charge in [-0.05, 0) is 24.1 Å². The van der Waals surface area contributed by atoms with Gasteiger partial charge in [-0.3, -0.25) is 24.6 Å². The first-order valence-corrected chi connectivity index (χ1v) is 9.04. The Morgan fingerprint density at radius 2 is 1.96 bits per heavy atom. The van der Waals surface area contributed by atoms with Gasteiger partial charge in [0.1, 0.15) is 5.54 Å². The average Bonchev–Trinajstić information content (AvgIpc) is 3.10. The van der Waals surface area contributed by atoms with Gasteiger partial charge >= 0.3 is 12.1 Å². The summed E-state index contributed by atoms with van der Waals surface area (Å²) in [6.07, 6.45) is -3.32. The number of carbonyl (C=O) groups is 3. The van der Waals surface area contributed by atoms with Crippen molar-refractivity contribution in [3.63, 3.8) is 0 Å². The van der Waals surface area contributed by atoms with Gasteiger partial charge in [-0.25, -0.2) is 0 Å². The Labute approximate surface area is 159 Å². The molecule has 1 aromatic rings. The van der Waals surface area contributed by atoms with Gasteiger partial charge in [0.2, 0.25) is 11.8 Å². The molecular weight excluding hydrogens is 377 g/mol. The summed E-state index contributed by atoms with van der Waals surface area (Å²) >= 11 is 0. The third-order valence-corrected chi connectivity index (χ3v) is 5.75. The number of aliphatic carboxylic acids is 1. The van der Waals surface area contributed by atoms with Crippen molar-refractivity contribution < 1.29 is 32.7 Å². The van der Waals surface area contributed by atoms with E-state index in [0.29, 0.717) is 12.8 Å². The number of nitrogens with zero attached hydrogens (tertiary/aromatic N) is 1. The molecule has 0 bridgehead atoms. The first kappa shape index (κ1) is 20.3. The van der Waals surface area contributed by atoms with Crippen LogP contribution in [0.5, 0.6) is 0 Å². The molecule has 4 atom stereocenters. The molecule has 2 N–H and O–H groups in total. The molecule has 0 aliphatic carbocycles. The lowest BCUT2D eigenvalue weighted by Gasteiger charge is -2.30. The Bertz CT molecular complexity index is 826. The number of benzene rings is 1. The molecule has 2 heterocycles. The largest absolute Gasteiger partial charge is 0.480 e. The van der Waals surface area contributed by atoms with Crippen LogP contribution in [0.1, 0.15) is 43.4 Å². The second-order valence-electron chi connectivity index (χ2n) is 7.36. The van der Waals surface area contributed by atoms with Crippen molar-refractivity contribution in [3.8, 4) is 0 Å². The number of hydrogen-bond acceptors (Lipinski definition) is 4. The quantitative estimate of drug-likeness (QED) is 0.745. The number of imide groups is 1. The Hall–Kier alpha value is -2.42. The van der Waals surface area contributed by atoms with E-state index in [4.69, 9.17) is 0 Å². The molecule has 0 aromatic heterocycles. The summed E-state index contributed by atoms with van der Waals surface area (Å²) in [5, 5.41) is 12.8. The Morgan fingerprint density at radius 1 is 1.29 bits per heavy atom. The van der Waals surface area contributed by atoms with Crippen molar-refractivity contribution >= 4 is 17.8 Å². The predicted octanol–water partition coefficient (Wildman–Crippen LogP) is 2.59. The van der Waals surface area contributed by atoms with E-state index in [1.54, 1.807) is 0 Å². The van der Waals surface area contributed by atoms with E-state index in [0.717, 1.165) is 17.0 Å². The maximum absolute atomic E-state index is 13.1. The number of carboxylic acids is 1. The molecule has 28 heavy (non-hydrogen) atoms. The first-order chi connectivity index (χ1) is 13.0. The van der Waals surface area contributed by atoms with Crippen molar-refractivity contribution in [1.82, 2.24) is 10.2 Å². The van der Waals surface area contributed by atoms with Crippen molar-refractivity contribution in [2.75, 3.05) is 7.05 Å². The Morgan fingerprint density at radius 3 is 2.54 bits per heavy atom. The number of likely N-dealkylation sites (tertiary alicyclic amines) is 1. The lowest BCUT2D eigenvalue weighted by molar-refractivity contribution is -0.151. The number of nitrogens with one attached hydrogen (secondary N) is 1. The number of hydrogen-bond donors (Lipinski definition) is 2. The SMILES string of the molecule is CCCCC1(C(=O)O)NC(c2cccc(C(F)(F)F)c2)C2C(=O)N(C)C(=O)C21. The summed E-state index contributed by atoms with van der Waals surface area (Å²) < 4.78 is 39.4. The lowest BCUT2D eigenvalue weighted by Crippen LogP contribution is -2.55. The first-order valence-electron chi connectivity index (χ1n) is 9.04. The number of rotatable bonds is 5. The van der Waals surface area contributed by atoms with E-state index < -0.39 is 52.9 Å². The summed E-state index contributed by atoms with van der Waals surface area (Å²) in [7, 11) is 1.28. The molecule has 0 spiro atoms. The molecular formula is C19H21F3N2O4. The third kappa shape index (κ3) is 2.97. The number of halogens is 3. The van der Waals surface area contributed by atoms with E-state index in [1.807, 2.05) is 6.92 Å². The topological polar surface area (TPSA) is 86.7 Å². The average molecular weight is 398 g/mol. The van der Waals surface area contributed by atoms with E-state index in [-0.39, 0.29) is 12.0 Å². The molecule has 2 aliphatic rings. The standard InChI is InChI=1S/C19H21F3N2O4/c1-3-4-8-18(17(27)28)13-12(15(25)24(2)16(13)26)14(23-18)10-6-5-7-11(9-10)19(20,21)22/h5-7,9,12-14,23H,3-4,8H2,1-2H3,(H,27,28). The van der Waals surface area contributed by atoms with Crippen LogP contribution in [0.2, 0.25) is 0 Å². The van der Waals surface area contributed by atoms with Crippen molar-refractivity contribution in [2.45, 2.75) is 43.9 Å². The summed E-state index contributed by atoms with van der Waals surface area (Å²) in [6, 6.07) is 3.44. The lowest BCUT2D eigenvalue weighted by atomic mass is 9.76. The third-order valence-electron chi connectivity index (χ3n) is 5.75. The van der Waals surface area contributed by atoms with Crippen LogP contribution in [0.15, 0.2) is 24.3 Å². The molecule has 3 rings (SSSR count). The molecule has 1 aromatic carbocycles.